The third-order valence-electron chi connectivity index (χ3n) is 3.05. The summed E-state index contributed by atoms with van der Waals surface area (Å²) in [4.78, 5) is 4.02. The summed E-state index contributed by atoms with van der Waals surface area (Å²) in [6.45, 7) is 1.57. The lowest BCUT2D eigenvalue weighted by molar-refractivity contribution is -0.176. The lowest BCUT2D eigenvalue weighted by Gasteiger charge is -2.29. The van der Waals surface area contributed by atoms with Crippen LogP contribution in [0.1, 0.15) is 5.56 Å². The first-order valence-electron chi connectivity index (χ1n) is 5.89. The second kappa shape index (κ2) is 6.33. The van der Waals surface area contributed by atoms with Crippen LogP contribution in [0.5, 0.6) is 0 Å². The van der Waals surface area contributed by atoms with Gasteiger partial charge in [0.25, 0.3) is 0 Å². The van der Waals surface area contributed by atoms with Crippen molar-refractivity contribution in [3.63, 3.8) is 0 Å². The normalized spacial score (nSPS) is 16.9. The van der Waals surface area contributed by atoms with Gasteiger partial charge in [0.1, 0.15) is 0 Å². The molecule has 1 aromatic heterocycles. The Balaban J connectivity index is 0.00000147. The number of ether oxygens (including phenoxy) is 2. The van der Waals surface area contributed by atoms with Crippen molar-refractivity contribution in [2.75, 3.05) is 13.2 Å². The van der Waals surface area contributed by atoms with E-state index in [1.165, 1.54) is 0 Å². The van der Waals surface area contributed by atoms with Gasteiger partial charge in [-0.05, 0) is 12.1 Å². The quantitative estimate of drug-likeness (QED) is 0.861. The van der Waals surface area contributed by atoms with E-state index in [1.807, 2.05) is 16.8 Å². The highest BCUT2D eigenvalue weighted by molar-refractivity contribution is 6.35. The molecule has 20 heavy (non-hydrogen) atoms. The molecule has 0 radical (unpaired) electrons. The first kappa shape index (κ1) is 15.6. The lowest BCUT2D eigenvalue weighted by atomic mass is 10.1. The monoisotopic (exact) mass is 334 g/mol. The summed E-state index contributed by atoms with van der Waals surface area (Å²) >= 11 is 12.2. The Morgan fingerprint density at radius 3 is 2.60 bits per heavy atom. The molecular formula is C13H13Cl3N2O2. The molecule has 108 valence electrons. The molecule has 1 aromatic carbocycles. The lowest BCUT2D eigenvalue weighted by Crippen LogP contribution is -2.32. The molecule has 2 heterocycles. The summed E-state index contributed by atoms with van der Waals surface area (Å²) in [7, 11) is 0. The largest absolute Gasteiger partial charge is 0.342 e. The Kier molecular flexibility index (Phi) is 4.94. The summed E-state index contributed by atoms with van der Waals surface area (Å²) in [6.07, 6.45) is 5.29. The minimum atomic E-state index is -0.873. The summed E-state index contributed by atoms with van der Waals surface area (Å²) in [5.74, 6) is -0.873. The van der Waals surface area contributed by atoms with Crippen LogP contribution in [0.15, 0.2) is 36.9 Å². The average molecular weight is 336 g/mol. The molecule has 3 rings (SSSR count). The van der Waals surface area contributed by atoms with Gasteiger partial charge in [-0.25, -0.2) is 4.98 Å². The SMILES string of the molecule is Cl.Clc1ccc(C2(Cn3ccnc3)OCCO2)c(Cl)c1. The van der Waals surface area contributed by atoms with Gasteiger partial charge in [-0.2, -0.15) is 0 Å². The number of halogens is 3. The maximum atomic E-state index is 6.27. The van der Waals surface area contributed by atoms with Crippen molar-refractivity contribution >= 4 is 35.6 Å². The Morgan fingerprint density at radius 1 is 1.25 bits per heavy atom. The van der Waals surface area contributed by atoms with Gasteiger partial charge in [0.2, 0.25) is 5.79 Å². The smallest absolute Gasteiger partial charge is 0.215 e. The van der Waals surface area contributed by atoms with Crippen molar-refractivity contribution in [2.45, 2.75) is 12.3 Å². The van der Waals surface area contributed by atoms with Gasteiger partial charge >= 0.3 is 0 Å². The van der Waals surface area contributed by atoms with Crippen molar-refractivity contribution in [2.24, 2.45) is 0 Å². The molecule has 1 fully saturated rings. The Morgan fingerprint density at radius 2 is 2.00 bits per heavy atom. The molecule has 0 spiro atoms. The van der Waals surface area contributed by atoms with E-state index in [0.29, 0.717) is 29.8 Å². The summed E-state index contributed by atoms with van der Waals surface area (Å²) in [5.41, 5.74) is 0.782. The van der Waals surface area contributed by atoms with Crippen LogP contribution in [0, 0.1) is 0 Å². The van der Waals surface area contributed by atoms with E-state index in [-0.39, 0.29) is 12.4 Å². The highest BCUT2D eigenvalue weighted by atomic mass is 35.5. The van der Waals surface area contributed by atoms with Crippen molar-refractivity contribution in [1.82, 2.24) is 9.55 Å². The van der Waals surface area contributed by atoms with Crippen molar-refractivity contribution in [1.29, 1.82) is 0 Å². The van der Waals surface area contributed by atoms with Crippen LogP contribution < -0.4 is 0 Å². The molecule has 1 saturated heterocycles. The van der Waals surface area contributed by atoms with Gasteiger partial charge in [0.15, 0.2) is 0 Å². The second-order valence-corrected chi connectivity index (χ2v) is 5.15. The van der Waals surface area contributed by atoms with Gasteiger partial charge in [-0.1, -0.05) is 29.3 Å². The molecule has 0 N–H and O–H groups in total. The molecule has 0 saturated carbocycles. The number of hydrogen-bond donors (Lipinski definition) is 0. The maximum Gasteiger partial charge on any atom is 0.215 e. The van der Waals surface area contributed by atoms with E-state index >= 15 is 0 Å². The molecule has 7 heteroatoms. The summed E-state index contributed by atoms with van der Waals surface area (Å²) < 4.78 is 13.5. The highest BCUT2D eigenvalue weighted by Gasteiger charge is 2.40. The Hall–Kier alpha value is -0.780. The van der Waals surface area contributed by atoms with E-state index in [1.54, 1.807) is 24.7 Å². The predicted molar refractivity (Wildman–Crippen MR) is 79.5 cm³/mol. The first-order valence-corrected chi connectivity index (χ1v) is 6.64. The van der Waals surface area contributed by atoms with E-state index in [2.05, 4.69) is 4.98 Å². The average Bonchev–Trinajstić information content (AvgIpc) is 3.02. The molecule has 0 unspecified atom stereocenters. The molecule has 1 aliphatic rings. The van der Waals surface area contributed by atoms with Crippen LogP contribution in [-0.2, 0) is 21.8 Å². The summed E-state index contributed by atoms with van der Waals surface area (Å²) in [5, 5.41) is 1.12. The van der Waals surface area contributed by atoms with Gasteiger partial charge in [-0.3, -0.25) is 0 Å². The van der Waals surface area contributed by atoms with Crippen molar-refractivity contribution in [3.8, 4) is 0 Å². The van der Waals surface area contributed by atoms with Gasteiger partial charge in [-0.15, -0.1) is 12.4 Å². The van der Waals surface area contributed by atoms with E-state index in [0.717, 1.165) is 5.56 Å². The fraction of sp³-hybridized carbons (Fsp3) is 0.308. The van der Waals surface area contributed by atoms with E-state index < -0.39 is 5.79 Å². The zero-order chi connectivity index (χ0) is 13.3. The molecule has 4 nitrogen and oxygen atoms in total. The first-order chi connectivity index (χ1) is 9.20. The van der Waals surface area contributed by atoms with Crippen molar-refractivity contribution < 1.29 is 9.47 Å². The molecular weight excluding hydrogens is 323 g/mol. The van der Waals surface area contributed by atoms with E-state index in [9.17, 15) is 0 Å². The zero-order valence-corrected chi connectivity index (χ0v) is 12.8. The van der Waals surface area contributed by atoms with Crippen LogP contribution in [0.25, 0.3) is 0 Å². The van der Waals surface area contributed by atoms with Crippen LogP contribution in [0.2, 0.25) is 10.0 Å². The molecule has 0 bridgehead atoms. The molecule has 0 amide bonds. The van der Waals surface area contributed by atoms with Gasteiger partial charge in [0.05, 0.1) is 31.1 Å². The van der Waals surface area contributed by atoms with Gasteiger partial charge in [0, 0.05) is 23.0 Å². The summed E-state index contributed by atoms with van der Waals surface area (Å²) in [6, 6.07) is 5.32. The third-order valence-corrected chi connectivity index (χ3v) is 3.59. The molecule has 1 aliphatic heterocycles. The van der Waals surface area contributed by atoms with Crippen molar-refractivity contribution in [3.05, 3.63) is 52.5 Å². The number of aromatic nitrogens is 2. The maximum absolute atomic E-state index is 6.27. The minimum Gasteiger partial charge on any atom is -0.342 e. The third kappa shape index (κ3) is 2.95. The minimum absolute atomic E-state index is 0. The Bertz CT molecular complexity index is 569. The zero-order valence-electron chi connectivity index (χ0n) is 10.5. The number of nitrogens with zero attached hydrogens (tertiary/aromatic N) is 2. The molecule has 2 aromatic rings. The Labute approximate surface area is 133 Å². The number of imidazole rings is 1. The predicted octanol–water partition coefficient (Wildman–Crippen LogP) is 3.51. The van der Waals surface area contributed by atoms with Crippen LogP contribution in [0.3, 0.4) is 0 Å². The van der Waals surface area contributed by atoms with Crippen LogP contribution >= 0.6 is 35.6 Å². The number of rotatable bonds is 3. The van der Waals surface area contributed by atoms with E-state index in [4.69, 9.17) is 32.7 Å². The van der Waals surface area contributed by atoms with Gasteiger partial charge < -0.3 is 14.0 Å². The number of benzene rings is 1. The number of hydrogen-bond acceptors (Lipinski definition) is 3. The fourth-order valence-electron chi connectivity index (χ4n) is 2.21. The van der Waals surface area contributed by atoms with Crippen LogP contribution in [0.4, 0.5) is 0 Å². The van der Waals surface area contributed by atoms with Crippen LogP contribution in [-0.4, -0.2) is 22.8 Å². The topological polar surface area (TPSA) is 36.3 Å². The standard InChI is InChI=1S/C13H12Cl2N2O2.ClH/c14-10-1-2-11(12(15)7-10)13(18-5-6-19-13)8-17-4-3-16-9-17;/h1-4,7,9H,5-6,8H2;1H. The molecule has 0 aliphatic carbocycles. The second-order valence-electron chi connectivity index (χ2n) is 4.31. The molecule has 0 atom stereocenters. The fourth-order valence-corrected chi connectivity index (χ4v) is 2.76. The highest BCUT2D eigenvalue weighted by Crippen LogP contribution is 2.38.